The molecule has 0 spiro atoms. The molecule has 0 fully saturated rings. The Morgan fingerprint density at radius 2 is 1.91 bits per heavy atom. The maximum Gasteiger partial charge on any atom is 0.418 e. The summed E-state index contributed by atoms with van der Waals surface area (Å²) in [4.78, 5) is 9.25. The lowest BCUT2D eigenvalue weighted by atomic mass is 10.00. The zero-order valence-electron chi connectivity index (χ0n) is 17.3. The molecule has 5 aromatic rings. The number of imidazole rings is 1. The molecule has 1 atom stereocenters. The van der Waals surface area contributed by atoms with Crippen molar-refractivity contribution in [3.05, 3.63) is 83.5 Å². The number of H-pyrrole nitrogens is 1. The van der Waals surface area contributed by atoms with E-state index in [0.717, 1.165) is 11.8 Å². The second-order valence-electron chi connectivity index (χ2n) is 7.83. The zero-order valence-corrected chi connectivity index (χ0v) is 17.3. The van der Waals surface area contributed by atoms with Crippen LogP contribution in [0.4, 0.5) is 23.6 Å². The average Bonchev–Trinajstić information content (AvgIpc) is 3.56. The Morgan fingerprint density at radius 3 is 2.71 bits per heavy atom. The normalized spacial score (nSPS) is 16.2. The van der Waals surface area contributed by atoms with Crippen molar-refractivity contribution in [2.75, 3.05) is 11.4 Å². The number of fused-ring (bicyclic) bond motifs is 2. The average molecular weight is 469 g/mol. The van der Waals surface area contributed by atoms with Crippen LogP contribution in [-0.2, 0) is 12.6 Å². The summed E-state index contributed by atoms with van der Waals surface area (Å²) < 4.78 is 61.0. The first-order valence-corrected chi connectivity index (χ1v) is 10.3. The molecule has 0 bridgehead atoms. The van der Waals surface area contributed by atoms with Crippen molar-refractivity contribution in [3.63, 3.8) is 0 Å². The molecule has 0 aliphatic carbocycles. The number of hydrogen-bond donors (Lipinski definition) is 1. The lowest BCUT2D eigenvalue weighted by molar-refractivity contribution is -0.136. The molecule has 0 radical (unpaired) electrons. The Hall–Kier alpha value is -4.22. The molecule has 5 heterocycles. The van der Waals surface area contributed by atoms with Crippen molar-refractivity contribution in [1.82, 2.24) is 29.8 Å². The second kappa shape index (κ2) is 7.40. The minimum atomic E-state index is -4.53. The van der Waals surface area contributed by atoms with Gasteiger partial charge in [-0.15, -0.1) is 5.10 Å². The van der Waals surface area contributed by atoms with Gasteiger partial charge in [0.05, 0.1) is 28.8 Å². The van der Waals surface area contributed by atoms with Crippen LogP contribution in [0, 0.1) is 5.82 Å². The molecule has 6 rings (SSSR count). The van der Waals surface area contributed by atoms with Crippen LogP contribution in [0.3, 0.4) is 0 Å². The Bertz CT molecular complexity index is 1490. The third-order valence-electron chi connectivity index (χ3n) is 5.78. The number of alkyl halides is 3. The van der Waals surface area contributed by atoms with Gasteiger partial charge in [-0.25, -0.2) is 13.9 Å². The third kappa shape index (κ3) is 3.29. The van der Waals surface area contributed by atoms with Crippen LogP contribution in [0.25, 0.3) is 17.0 Å². The highest BCUT2D eigenvalue weighted by molar-refractivity contribution is 5.59. The number of nitrogens with one attached hydrogen (secondary N) is 1. The summed E-state index contributed by atoms with van der Waals surface area (Å²) in [6.45, 7) is 0.435. The standard InChI is InChI=1S/C22H15F4N7O/c23-13-5-3-12(4-6-13)20-29-30-21(34-20)32-9-7-15-18(28-11-27-15)19(32)16-10-17-14(22(24,25)26)2-1-8-33(17)31-16/h1-6,8,10-11,19H,7,9H2,(H,27,28). The first-order chi connectivity index (χ1) is 16.4. The number of hydrogen-bond acceptors (Lipinski definition) is 6. The summed E-state index contributed by atoms with van der Waals surface area (Å²) in [6, 6.07) is 8.84. The van der Waals surface area contributed by atoms with Crippen molar-refractivity contribution in [2.24, 2.45) is 0 Å². The Balaban J connectivity index is 1.45. The summed E-state index contributed by atoms with van der Waals surface area (Å²) in [6.07, 6.45) is -0.941. The third-order valence-corrected chi connectivity index (χ3v) is 5.78. The van der Waals surface area contributed by atoms with Crippen molar-refractivity contribution >= 4 is 11.5 Å². The van der Waals surface area contributed by atoms with Gasteiger partial charge in [-0.3, -0.25) is 0 Å². The molecule has 8 nitrogen and oxygen atoms in total. The highest BCUT2D eigenvalue weighted by atomic mass is 19.4. The molecule has 1 aliphatic rings. The van der Waals surface area contributed by atoms with E-state index in [1.54, 1.807) is 4.90 Å². The van der Waals surface area contributed by atoms with Gasteiger partial charge in [0.15, 0.2) is 0 Å². The van der Waals surface area contributed by atoms with Crippen molar-refractivity contribution in [2.45, 2.75) is 18.6 Å². The van der Waals surface area contributed by atoms with E-state index in [4.69, 9.17) is 4.42 Å². The van der Waals surface area contributed by atoms with Gasteiger partial charge in [-0.05, 0) is 42.5 Å². The SMILES string of the molecule is Fc1ccc(-c2nnc(N3CCc4[nH]cnc4C3c3cc4c(C(F)(F)F)cccn4n3)o2)cc1. The summed E-state index contributed by atoms with van der Waals surface area (Å²) in [5, 5.41) is 12.6. The highest BCUT2D eigenvalue weighted by Crippen LogP contribution is 2.39. The lowest BCUT2D eigenvalue weighted by Gasteiger charge is -2.32. The van der Waals surface area contributed by atoms with Gasteiger partial charge in [-0.1, -0.05) is 5.10 Å². The number of anilines is 1. The smallest absolute Gasteiger partial charge is 0.403 e. The second-order valence-corrected chi connectivity index (χ2v) is 7.83. The summed E-state index contributed by atoms with van der Waals surface area (Å²) >= 11 is 0. The Labute approximate surface area is 188 Å². The molecular weight excluding hydrogens is 454 g/mol. The molecule has 172 valence electrons. The van der Waals surface area contributed by atoms with Gasteiger partial charge in [0.1, 0.15) is 11.9 Å². The molecule has 12 heteroatoms. The van der Waals surface area contributed by atoms with E-state index in [0.29, 0.717) is 29.9 Å². The quantitative estimate of drug-likeness (QED) is 0.394. The number of nitrogens with zero attached hydrogens (tertiary/aromatic N) is 6. The Morgan fingerprint density at radius 1 is 1.09 bits per heavy atom. The molecule has 1 aliphatic heterocycles. The minimum Gasteiger partial charge on any atom is -0.403 e. The largest absolute Gasteiger partial charge is 0.418 e. The highest BCUT2D eigenvalue weighted by Gasteiger charge is 2.38. The number of benzene rings is 1. The molecule has 1 N–H and O–H groups in total. The van der Waals surface area contributed by atoms with E-state index < -0.39 is 23.6 Å². The predicted octanol–water partition coefficient (Wildman–Crippen LogP) is 4.42. The number of aromatic nitrogens is 6. The van der Waals surface area contributed by atoms with E-state index in [2.05, 4.69) is 25.3 Å². The van der Waals surface area contributed by atoms with E-state index in [1.807, 2.05) is 0 Å². The van der Waals surface area contributed by atoms with Crippen LogP contribution in [0.15, 0.2) is 59.4 Å². The summed E-state index contributed by atoms with van der Waals surface area (Å²) in [5.41, 5.74) is 1.51. The molecule has 0 saturated heterocycles. The Kier molecular flexibility index (Phi) is 4.44. The van der Waals surface area contributed by atoms with Gasteiger partial charge in [0.25, 0.3) is 0 Å². The van der Waals surface area contributed by atoms with E-state index in [-0.39, 0.29) is 17.4 Å². The minimum absolute atomic E-state index is 0.0647. The molecular formula is C22H15F4N7O. The molecule has 1 unspecified atom stereocenters. The molecule has 34 heavy (non-hydrogen) atoms. The fourth-order valence-electron chi connectivity index (χ4n) is 4.23. The number of rotatable bonds is 3. The van der Waals surface area contributed by atoms with Crippen LogP contribution < -0.4 is 4.90 Å². The monoisotopic (exact) mass is 469 g/mol. The maximum absolute atomic E-state index is 13.6. The fourth-order valence-corrected chi connectivity index (χ4v) is 4.23. The van der Waals surface area contributed by atoms with E-state index in [1.165, 1.54) is 53.4 Å². The molecule has 0 saturated carbocycles. The van der Waals surface area contributed by atoms with Gasteiger partial charge in [-0.2, -0.15) is 18.3 Å². The zero-order chi connectivity index (χ0) is 23.4. The first kappa shape index (κ1) is 20.4. The van der Waals surface area contributed by atoms with E-state index >= 15 is 0 Å². The first-order valence-electron chi connectivity index (χ1n) is 10.3. The summed E-state index contributed by atoms with van der Waals surface area (Å²) in [7, 11) is 0. The van der Waals surface area contributed by atoms with Crippen LogP contribution in [0.2, 0.25) is 0 Å². The van der Waals surface area contributed by atoms with Gasteiger partial charge in [0.2, 0.25) is 5.89 Å². The lowest BCUT2D eigenvalue weighted by Crippen LogP contribution is -2.36. The van der Waals surface area contributed by atoms with Gasteiger partial charge >= 0.3 is 12.2 Å². The maximum atomic E-state index is 13.6. The molecule has 1 aromatic carbocycles. The van der Waals surface area contributed by atoms with Crippen LogP contribution in [-0.4, -0.2) is 36.3 Å². The van der Waals surface area contributed by atoms with Gasteiger partial charge in [0, 0.05) is 30.4 Å². The van der Waals surface area contributed by atoms with Crippen molar-refractivity contribution in [3.8, 4) is 11.5 Å². The molecule has 0 amide bonds. The number of halogens is 4. The van der Waals surface area contributed by atoms with Crippen molar-refractivity contribution in [1.29, 1.82) is 0 Å². The van der Waals surface area contributed by atoms with Crippen LogP contribution in [0.5, 0.6) is 0 Å². The van der Waals surface area contributed by atoms with Gasteiger partial charge < -0.3 is 14.3 Å². The predicted molar refractivity (Wildman–Crippen MR) is 111 cm³/mol. The molecule has 4 aromatic heterocycles. The topological polar surface area (TPSA) is 88.1 Å². The summed E-state index contributed by atoms with van der Waals surface area (Å²) in [5.74, 6) is -0.202. The fraction of sp³-hybridized carbons (Fsp3) is 0.182. The van der Waals surface area contributed by atoms with Crippen LogP contribution >= 0.6 is 0 Å². The number of aromatic amines is 1. The number of pyridine rings is 1. The van der Waals surface area contributed by atoms with Crippen LogP contribution in [0.1, 0.15) is 28.7 Å². The van der Waals surface area contributed by atoms with Crippen molar-refractivity contribution < 1.29 is 22.0 Å². The van der Waals surface area contributed by atoms with E-state index in [9.17, 15) is 17.6 Å².